The van der Waals surface area contributed by atoms with Gasteiger partial charge in [-0.05, 0) is 18.2 Å². The molecule has 0 aliphatic carbocycles. The van der Waals surface area contributed by atoms with Crippen LogP contribution in [-0.2, 0) is 10.0 Å². The number of pyridine rings is 1. The molecule has 0 amide bonds. The molecule has 0 spiro atoms. The molecule has 2 aromatic heterocycles. The van der Waals surface area contributed by atoms with E-state index in [0.717, 1.165) is 3.97 Å². The fourth-order valence-electron chi connectivity index (χ4n) is 1.95. The Labute approximate surface area is 120 Å². The Morgan fingerprint density at radius 2 is 1.85 bits per heavy atom. The van der Waals surface area contributed by atoms with Gasteiger partial charge >= 0.3 is 0 Å². The summed E-state index contributed by atoms with van der Waals surface area (Å²) in [6.45, 7) is 0. The van der Waals surface area contributed by atoms with Crippen LogP contribution in [0.5, 0.6) is 0 Å². The predicted molar refractivity (Wildman–Crippen MR) is 78.2 cm³/mol. The standard InChI is InChI=1S/C13H10ClN3O2S/c14-12-10-6-7-17(13(10)16-8-11(12)15)20(18,19)9-4-2-1-3-5-9/h1-8H,15H2. The van der Waals surface area contributed by atoms with Crippen molar-refractivity contribution in [3.05, 3.63) is 53.8 Å². The van der Waals surface area contributed by atoms with Crippen molar-refractivity contribution in [2.24, 2.45) is 0 Å². The quantitative estimate of drug-likeness (QED) is 0.789. The Kier molecular flexibility index (Phi) is 2.92. The van der Waals surface area contributed by atoms with Crippen LogP contribution in [0.1, 0.15) is 0 Å². The topological polar surface area (TPSA) is 78.0 Å². The second-order valence-corrected chi connectivity index (χ2v) is 6.39. The third-order valence-electron chi connectivity index (χ3n) is 2.94. The van der Waals surface area contributed by atoms with Gasteiger partial charge in [-0.2, -0.15) is 0 Å². The molecule has 0 saturated heterocycles. The monoisotopic (exact) mass is 307 g/mol. The van der Waals surface area contributed by atoms with Crippen LogP contribution in [0.3, 0.4) is 0 Å². The Balaban J connectivity index is 2.29. The number of nitrogens with zero attached hydrogens (tertiary/aromatic N) is 2. The van der Waals surface area contributed by atoms with Crippen molar-refractivity contribution in [2.75, 3.05) is 5.73 Å². The van der Waals surface area contributed by atoms with Crippen LogP contribution in [0, 0.1) is 0 Å². The molecule has 2 heterocycles. The average Bonchev–Trinajstić information content (AvgIpc) is 2.89. The molecule has 0 saturated carbocycles. The second-order valence-electron chi connectivity index (χ2n) is 4.19. The molecule has 0 atom stereocenters. The summed E-state index contributed by atoms with van der Waals surface area (Å²) in [6, 6.07) is 9.72. The molecule has 1 aromatic carbocycles. The first-order chi connectivity index (χ1) is 9.51. The summed E-state index contributed by atoms with van der Waals surface area (Å²) in [4.78, 5) is 4.25. The molecule has 102 valence electrons. The first-order valence-electron chi connectivity index (χ1n) is 5.73. The number of fused-ring (bicyclic) bond motifs is 1. The van der Waals surface area contributed by atoms with Crippen LogP contribution in [0.4, 0.5) is 5.69 Å². The van der Waals surface area contributed by atoms with Gasteiger partial charge in [0.2, 0.25) is 0 Å². The summed E-state index contributed by atoms with van der Waals surface area (Å²) in [5.41, 5.74) is 6.23. The number of nitrogen functional groups attached to an aromatic ring is 1. The van der Waals surface area contributed by atoms with E-state index in [1.165, 1.54) is 24.5 Å². The number of hydrogen-bond donors (Lipinski definition) is 1. The molecule has 3 rings (SSSR count). The number of hydrogen-bond acceptors (Lipinski definition) is 4. The van der Waals surface area contributed by atoms with Gasteiger partial charge in [-0.25, -0.2) is 17.4 Å². The molecular formula is C13H10ClN3O2S. The third kappa shape index (κ3) is 1.85. The summed E-state index contributed by atoms with van der Waals surface area (Å²) >= 11 is 6.06. The number of nitrogens with two attached hydrogens (primary N) is 1. The smallest absolute Gasteiger partial charge is 0.269 e. The van der Waals surface area contributed by atoms with Crippen LogP contribution in [0.25, 0.3) is 11.0 Å². The fourth-order valence-corrected chi connectivity index (χ4v) is 3.47. The van der Waals surface area contributed by atoms with Gasteiger partial charge in [0.15, 0.2) is 5.65 Å². The maximum absolute atomic E-state index is 12.6. The van der Waals surface area contributed by atoms with Crippen LogP contribution in [0.2, 0.25) is 5.02 Å². The summed E-state index contributed by atoms with van der Waals surface area (Å²) in [6.07, 6.45) is 2.77. The Morgan fingerprint density at radius 1 is 1.15 bits per heavy atom. The average molecular weight is 308 g/mol. The lowest BCUT2D eigenvalue weighted by molar-refractivity contribution is 0.589. The van der Waals surface area contributed by atoms with Gasteiger partial charge in [-0.1, -0.05) is 29.8 Å². The van der Waals surface area contributed by atoms with Crippen LogP contribution in [-0.4, -0.2) is 17.4 Å². The Hall–Kier alpha value is -2.05. The van der Waals surface area contributed by atoms with Gasteiger partial charge in [0.1, 0.15) is 0 Å². The highest BCUT2D eigenvalue weighted by atomic mass is 35.5. The minimum absolute atomic E-state index is 0.187. The van der Waals surface area contributed by atoms with Crippen molar-refractivity contribution in [3.8, 4) is 0 Å². The maximum Gasteiger partial charge on any atom is 0.269 e. The molecule has 0 bridgehead atoms. The van der Waals surface area contributed by atoms with Crippen molar-refractivity contribution >= 4 is 38.3 Å². The van der Waals surface area contributed by atoms with E-state index < -0.39 is 10.0 Å². The van der Waals surface area contributed by atoms with Gasteiger partial charge < -0.3 is 5.73 Å². The number of rotatable bonds is 2. The summed E-state index contributed by atoms with van der Waals surface area (Å²) in [5, 5.41) is 0.809. The second kappa shape index (κ2) is 4.50. The van der Waals surface area contributed by atoms with E-state index >= 15 is 0 Å². The zero-order valence-corrected chi connectivity index (χ0v) is 11.8. The van der Waals surface area contributed by atoms with Crippen LogP contribution < -0.4 is 5.73 Å². The fraction of sp³-hybridized carbons (Fsp3) is 0. The third-order valence-corrected chi connectivity index (χ3v) is 5.04. The zero-order valence-electron chi connectivity index (χ0n) is 10.2. The predicted octanol–water partition coefficient (Wildman–Crippen LogP) is 2.51. The van der Waals surface area contributed by atoms with Crippen molar-refractivity contribution in [1.82, 2.24) is 8.96 Å². The van der Waals surface area contributed by atoms with E-state index in [2.05, 4.69) is 4.98 Å². The summed E-state index contributed by atoms with van der Waals surface area (Å²) < 4.78 is 26.2. The highest BCUT2D eigenvalue weighted by Gasteiger charge is 2.20. The molecule has 0 aliphatic heterocycles. The van der Waals surface area contributed by atoms with Gasteiger partial charge in [0.25, 0.3) is 10.0 Å². The minimum atomic E-state index is -3.70. The molecule has 5 nitrogen and oxygen atoms in total. The first kappa shape index (κ1) is 13.0. The molecular weight excluding hydrogens is 298 g/mol. The van der Waals surface area contributed by atoms with E-state index in [9.17, 15) is 8.42 Å². The van der Waals surface area contributed by atoms with E-state index in [1.807, 2.05) is 0 Å². The summed E-state index contributed by atoms with van der Waals surface area (Å²) in [5.74, 6) is 0. The molecule has 2 N–H and O–H groups in total. The molecule has 3 aromatic rings. The van der Waals surface area contributed by atoms with Crippen molar-refractivity contribution in [3.63, 3.8) is 0 Å². The van der Waals surface area contributed by atoms with Crippen molar-refractivity contribution in [2.45, 2.75) is 4.90 Å². The van der Waals surface area contributed by atoms with Gasteiger partial charge in [0.05, 0.1) is 21.8 Å². The van der Waals surface area contributed by atoms with Crippen LogP contribution >= 0.6 is 11.6 Å². The largest absolute Gasteiger partial charge is 0.396 e. The van der Waals surface area contributed by atoms with E-state index in [4.69, 9.17) is 17.3 Å². The zero-order chi connectivity index (χ0) is 14.3. The summed E-state index contributed by atoms with van der Waals surface area (Å²) in [7, 11) is -3.70. The molecule has 0 unspecified atom stereocenters. The molecule has 0 fully saturated rings. The van der Waals surface area contributed by atoms with Gasteiger partial charge in [0, 0.05) is 11.6 Å². The normalized spacial score (nSPS) is 11.8. The van der Waals surface area contributed by atoms with Gasteiger partial charge in [-0.15, -0.1) is 0 Å². The number of benzene rings is 1. The van der Waals surface area contributed by atoms with Crippen molar-refractivity contribution in [1.29, 1.82) is 0 Å². The Bertz CT molecular complexity index is 889. The molecule has 0 aliphatic rings. The van der Waals surface area contributed by atoms with E-state index in [1.54, 1.807) is 24.3 Å². The molecule has 20 heavy (non-hydrogen) atoms. The van der Waals surface area contributed by atoms with Crippen LogP contribution in [0.15, 0.2) is 53.7 Å². The Morgan fingerprint density at radius 3 is 2.55 bits per heavy atom. The lowest BCUT2D eigenvalue weighted by atomic mass is 10.3. The van der Waals surface area contributed by atoms with Crippen molar-refractivity contribution < 1.29 is 8.42 Å². The minimum Gasteiger partial charge on any atom is -0.396 e. The van der Waals surface area contributed by atoms with E-state index in [0.29, 0.717) is 16.1 Å². The number of anilines is 1. The van der Waals surface area contributed by atoms with E-state index in [-0.39, 0.29) is 10.5 Å². The molecule has 7 heteroatoms. The molecule has 0 radical (unpaired) electrons. The number of halogens is 1. The lowest BCUT2D eigenvalue weighted by Gasteiger charge is -2.07. The SMILES string of the molecule is Nc1cnc2c(ccn2S(=O)(=O)c2ccccc2)c1Cl. The lowest BCUT2D eigenvalue weighted by Crippen LogP contribution is -2.12. The maximum atomic E-state index is 12.6. The highest BCUT2D eigenvalue weighted by molar-refractivity contribution is 7.90. The van der Waals surface area contributed by atoms with Gasteiger partial charge in [-0.3, -0.25) is 0 Å². The number of aromatic nitrogens is 2. The highest BCUT2D eigenvalue weighted by Crippen LogP contribution is 2.29. The first-order valence-corrected chi connectivity index (χ1v) is 7.55.